The van der Waals surface area contributed by atoms with Crippen LogP contribution in [-0.2, 0) is 11.1 Å². The van der Waals surface area contributed by atoms with E-state index in [1.54, 1.807) is 0 Å². The molecule has 0 heterocycles. The highest BCUT2D eigenvalue weighted by Gasteiger charge is 2.40. The molecule has 4 heteroatoms. The van der Waals surface area contributed by atoms with Crippen molar-refractivity contribution < 1.29 is 8.76 Å². The van der Waals surface area contributed by atoms with Crippen molar-refractivity contribution in [2.24, 2.45) is 11.1 Å². The summed E-state index contributed by atoms with van der Waals surface area (Å²) in [6.07, 6.45) is 3.09. The van der Waals surface area contributed by atoms with Crippen LogP contribution in [0.15, 0.2) is 0 Å². The van der Waals surface area contributed by atoms with E-state index in [2.05, 4.69) is 0 Å². The molecule has 0 aromatic heterocycles. The van der Waals surface area contributed by atoms with Crippen molar-refractivity contribution in [2.45, 2.75) is 19.3 Å². The van der Waals surface area contributed by atoms with E-state index in [0.717, 1.165) is 19.3 Å². The van der Waals surface area contributed by atoms with Crippen LogP contribution < -0.4 is 5.73 Å². The van der Waals surface area contributed by atoms with Crippen molar-refractivity contribution in [3.8, 4) is 0 Å². The van der Waals surface area contributed by atoms with Crippen molar-refractivity contribution >= 4 is 11.1 Å². The van der Waals surface area contributed by atoms with Crippen LogP contribution in [0.5, 0.6) is 0 Å². The van der Waals surface area contributed by atoms with Gasteiger partial charge in [-0.2, -0.15) is 0 Å². The maximum atomic E-state index is 10.3. The summed E-state index contributed by atoms with van der Waals surface area (Å²) < 4.78 is 18.7. The molecule has 0 aromatic rings. The molecule has 1 atom stereocenters. The number of nitrogens with two attached hydrogens (primary N) is 1. The molecular formula is C6H13NO2S. The Bertz CT molecular complexity index is 145. The molecule has 0 radical (unpaired) electrons. The molecule has 1 aliphatic rings. The summed E-state index contributed by atoms with van der Waals surface area (Å²) in [4.78, 5) is 0. The van der Waals surface area contributed by atoms with Gasteiger partial charge in [-0.25, -0.2) is 4.21 Å². The smallest absolute Gasteiger partial charge is 0.152 e. The minimum absolute atomic E-state index is 0.248. The van der Waals surface area contributed by atoms with Gasteiger partial charge in [0.05, 0.1) is 0 Å². The summed E-state index contributed by atoms with van der Waals surface area (Å²) in [5, 5.41) is 0. The maximum Gasteiger partial charge on any atom is 0.152 e. The zero-order chi connectivity index (χ0) is 7.61. The molecule has 0 saturated heterocycles. The fourth-order valence-corrected chi connectivity index (χ4v) is 1.64. The first-order valence-corrected chi connectivity index (χ1v) is 4.74. The Morgan fingerprint density at radius 3 is 2.50 bits per heavy atom. The summed E-state index contributed by atoms with van der Waals surface area (Å²) in [6.45, 7) is 0.671. The van der Waals surface area contributed by atoms with E-state index in [1.807, 2.05) is 0 Å². The highest BCUT2D eigenvalue weighted by Crippen LogP contribution is 2.47. The summed E-state index contributed by atoms with van der Waals surface area (Å²) in [5.41, 5.74) is 5.72. The lowest BCUT2D eigenvalue weighted by atomic mass is 10.1. The third kappa shape index (κ3) is 2.04. The van der Waals surface area contributed by atoms with Gasteiger partial charge in [-0.05, 0) is 31.2 Å². The molecule has 1 aliphatic carbocycles. The molecule has 60 valence electrons. The molecule has 1 saturated carbocycles. The lowest BCUT2D eigenvalue weighted by Gasteiger charge is -2.08. The topological polar surface area (TPSA) is 63.3 Å². The molecule has 1 rings (SSSR count). The number of hydrogen-bond donors (Lipinski definition) is 2. The van der Waals surface area contributed by atoms with E-state index < -0.39 is 11.1 Å². The van der Waals surface area contributed by atoms with Crippen LogP contribution >= 0.6 is 0 Å². The minimum Gasteiger partial charge on any atom is -0.330 e. The highest BCUT2D eigenvalue weighted by molar-refractivity contribution is 7.79. The maximum absolute atomic E-state index is 10.3. The molecule has 3 N–H and O–H groups in total. The van der Waals surface area contributed by atoms with Crippen molar-refractivity contribution in [2.75, 3.05) is 12.3 Å². The molecular weight excluding hydrogens is 150 g/mol. The van der Waals surface area contributed by atoms with Crippen LogP contribution in [0.25, 0.3) is 0 Å². The second-order valence-electron chi connectivity index (χ2n) is 2.98. The van der Waals surface area contributed by atoms with E-state index >= 15 is 0 Å². The lowest BCUT2D eigenvalue weighted by Crippen LogP contribution is -2.17. The van der Waals surface area contributed by atoms with Crippen LogP contribution in [0.2, 0.25) is 0 Å². The Labute approximate surface area is 63.3 Å². The normalized spacial score (nSPS) is 24.2. The van der Waals surface area contributed by atoms with Crippen LogP contribution in [0.3, 0.4) is 0 Å². The largest absolute Gasteiger partial charge is 0.330 e. The van der Waals surface area contributed by atoms with Gasteiger partial charge in [0.25, 0.3) is 0 Å². The zero-order valence-electron chi connectivity index (χ0n) is 5.88. The molecule has 10 heavy (non-hydrogen) atoms. The predicted molar refractivity (Wildman–Crippen MR) is 41.0 cm³/mol. The molecule has 0 spiro atoms. The van der Waals surface area contributed by atoms with E-state index in [1.165, 1.54) is 0 Å². The quantitative estimate of drug-likeness (QED) is 0.587. The van der Waals surface area contributed by atoms with Crippen molar-refractivity contribution in [1.29, 1.82) is 0 Å². The Balaban J connectivity index is 2.19. The van der Waals surface area contributed by atoms with E-state index in [9.17, 15) is 4.21 Å². The van der Waals surface area contributed by atoms with Crippen LogP contribution in [-0.4, -0.2) is 21.1 Å². The Kier molecular flexibility index (Phi) is 2.44. The van der Waals surface area contributed by atoms with E-state index in [0.29, 0.717) is 12.3 Å². The van der Waals surface area contributed by atoms with Gasteiger partial charge in [0, 0.05) is 5.75 Å². The third-order valence-electron chi connectivity index (χ3n) is 2.20. The van der Waals surface area contributed by atoms with Crippen LogP contribution in [0.1, 0.15) is 19.3 Å². The fraction of sp³-hybridized carbons (Fsp3) is 1.00. The van der Waals surface area contributed by atoms with Crippen LogP contribution in [0, 0.1) is 5.41 Å². The standard InChI is InChI=1S/C6H13NO2S/c7-5-6(1-2-6)3-4-10(8)9/h1-5,7H2,(H,8,9). The van der Waals surface area contributed by atoms with Gasteiger partial charge in [0.15, 0.2) is 11.1 Å². The van der Waals surface area contributed by atoms with Crippen LogP contribution in [0.4, 0.5) is 0 Å². The van der Waals surface area contributed by atoms with Gasteiger partial charge < -0.3 is 10.3 Å². The monoisotopic (exact) mass is 163 g/mol. The van der Waals surface area contributed by atoms with Gasteiger partial charge in [-0.1, -0.05) is 0 Å². The van der Waals surface area contributed by atoms with Crippen molar-refractivity contribution in [3.63, 3.8) is 0 Å². The highest BCUT2D eigenvalue weighted by atomic mass is 32.2. The SMILES string of the molecule is NCC1(CCS(=O)O)CC1. The molecule has 0 amide bonds. The molecule has 0 bridgehead atoms. The fourth-order valence-electron chi connectivity index (χ4n) is 1.04. The summed E-state index contributed by atoms with van der Waals surface area (Å²) in [6, 6.07) is 0. The number of hydrogen-bond acceptors (Lipinski definition) is 2. The van der Waals surface area contributed by atoms with Gasteiger partial charge in [-0.3, -0.25) is 0 Å². The molecule has 1 fully saturated rings. The van der Waals surface area contributed by atoms with Gasteiger partial charge in [-0.15, -0.1) is 0 Å². The molecule has 0 aromatic carbocycles. The predicted octanol–water partition coefficient (Wildman–Crippen LogP) is 0.337. The first kappa shape index (κ1) is 8.17. The Morgan fingerprint density at radius 1 is 1.60 bits per heavy atom. The van der Waals surface area contributed by atoms with Crippen molar-refractivity contribution in [3.05, 3.63) is 0 Å². The van der Waals surface area contributed by atoms with Crippen molar-refractivity contribution in [1.82, 2.24) is 0 Å². The minimum atomic E-state index is -1.63. The third-order valence-corrected chi connectivity index (χ3v) is 2.75. The average Bonchev–Trinajstić information content (AvgIpc) is 2.64. The van der Waals surface area contributed by atoms with E-state index in [-0.39, 0.29) is 5.41 Å². The first-order valence-electron chi connectivity index (χ1n) is 3.46. The number of rotatable bonds is 4. The Morgan fingerprint density at radius 2 is 2.20 bits per heavy atom. The second-order valence-corrected chi connectivity index (χ2v) is 4.03. The average molecular weight is 163 g/mol. The lowest BCUT2D eigenvalue weighted by molar-refractivity contribution is 0.492. The molecule has 1 unspecified atom stereocenters. The van der Waals surface area contributed by atoms with Gasteiger partial charge in [0.2, 0.25) is 0 Å². The Hall–Kier alpha value is 0.0700. The van der Waals surface area contributed by atoms with E-state index in [4.69, 9.17) is 10.3 Å². The van der Waals surface area contributed by atoms with Gasteiger partial charge >= 0.3 is 0 Å². The molecule has 0 aliphatic heterocycles. The second kappa shape index (κ2) is 2.98. The summed E-state index contributed by atoms with van der Waals surface area (Å²) in [5.74, 6) is 0.386. The summed E-state index contributed by atoms with van der Waals surface area (Å²) >= 11 is -1.63. The van der Waals surface area contributed by atoms with Gasteiger partial charge in [0.1, 0.15) is 0 Å². The summed E-state index contributed by atoms with van der Waals surface area (Å²) in [7, 11) is 0. The molecule has 3 nitrogen and oxygen atoms in total. The first-order chi connectivity index (χ1) is 4.68. The zero-order valence-corrected chi connectivity index (χ0v) is 6.69.